The summed E-state index contributed by atoms with van der Waals surface area (Å²) in [7, 11) is -1.27. The van der Waals surface area contributed by atoms with E-state index in [-0.39, 0.29) is 0 Å². The zero-order valence-corrected chi connectivity index (χ0v) is 8.86. The molecule has 3 heteroatoms. The molecule has 14 heavy (non-hydrogen) atoms. The van der Waals surface area contributed by atoms with Crippen molar-refractivity contribution in [2.24, 2.45) is 5.92 Å². The summed E-state index contributed by atoms with van der Waals surface area (Å²) < 4.78 is 0. The van der Waals surface area contributed by atoms with Crippen LogP contribution in [-0.2, 0) is 0 Å². The molecular formula is C11H21BO2. The zero-order valence-electron chi connectivity index (χ0n) is 8.86. The Kier molecular flexibility index (Phi) is 5.96. The van der Waals surface area contributed by atoms with E-state index in [1.807, 2.05) is 6.08 Å². The highest BCUT2D eigenvalue weighted by Crippen LogP contribution is 2.27. The van der Waals surface area contributed by atoms with E-state index < -0.39 is 7.12 Å². The van der Waals surface area contributed by atoms with Gasteiger partial charge in [-0.2, -0.15) is 0 Å². The van der Waals surface area contributed by atoms with Crippen LogP contribution in [-0.4, -0.2) is 17.2 Å². The number of allylic oxidation sites excluding steroid dienone is 1. The summed E-state index contributed by atoms with van der Waals surface area (Å²) in [5.74, 6) is 2.39. The van der Waals surface area contributed by atoms with Crippen molar-refractivity contribution in [2.75, 3.05) is 0 Å². The molecule has 0 atom stereocenters. The van der Waals surface area contributed by atoms with Gasteiger partial charge in [0.15, 0.2) is 0 Å². The van der Waals surface area contributed by atoms with Crippen LogP contribution < -0.4 is 0 Å². The Morgan fingerprint density at radius 1 is 1.14 bits per heavy atom. The van der Waals surface area contributed by atoms with Crippen molar-refractivity contribution >= 4 is 7.12 Å². The van der Waals surface area contributed by atoms with Gasteiger partial charge in [-0.25, -0.2) is 0 Å². The molecule has 0 aromatic carbocycles. The van der Waals surface area contributed by atoms with E-state index in [9.17, 15) is 0 Å². The highest BCUT2D eigenvalue weighted by molar-refractivity contribution is 6.47. The summed E-state index contributed by atoms with van der Waals surface area (Å²) in [5.41, 5.74) is 0. The summed E-state index contributed by atoms with van der Waals surface area (Å²) in [6.07, 6.45) is 12.4. The van der Waals surface area contributed by atoms with Gasteiger partial charge in [0.2, 0.25) is 0 Å². The van der Waals surface area contributed by atoms with E-state index in [0.29, 0.717) is 0 Å². The van der Waals surface area contributed by atoms with Gasteiger partial charge in [0.25, 0.3) is 0 Å². The lowest BCUT2D eigenvalue weighted by molar-refractivity contribution is 0.333. The Bertz CT molecular complexity index is 163. The van der Waals surface area contributed by atoms with Crippen LogP contribution >= 0.6 is 0 Å². The lowest BCUT2D eigenvalue weighted by atomic mass is 9.85. The molecule has 0 aromatic heterocycles. The average molecular weight is 196 g/mol. The zero-order chi connectivity index (χ0) is 10.2. The van der Waals surface area contributed by atoms with E-state index >= 15 is 0 Å². The largest absolute Gasteiger partial charge is 0.480 e. The Labute approximate surface area is 87.2 Å². The van der Waals surface area contributed by atoms with Crippen molar-refractivity contribution in [3.8, 4) is 0 Å². The monoisotopic (exact) mass is 196 g/mol. The fourth-order valence-corrected chi connectivity index (χ4v) is 2.22. The predicted molar refractivity (Wildman–Crippen MR) is 59.8 cm³/mol. The lowest BCUT2D eigenvalue weighted by Gasteiger charge is -2.20. The van der Waals surface area contributed by atoms with Gasteiger partial charge in [-0.05, 0) is 18.8 Å². The average Bonchev–Trinajstić information content (AvgIpc) is 2.18. The molecule has 0 aliphatic heterocycles. The van der Waals surface area contributed by atoms with E-state index in [0.717, 1.165) is 12.3 Å². The molecule has 80 valence electrons. The van der Waals surface area contributed by atoms with Crippen LogP contribution in [0.3, 0.4) is 0 Å². The molecule has 0 saturated heterocycles. The number of rotatable bonds is 5. The van der Waals surface area contributed by atoms with Crippen LogP contribution in [0.1, 0.15) is 51.4 Å². The molecule has 0 heterocycles. The van der Waals surface area contributed by atoms with Crippen molar-refractivity contribution < 1.29 is 10.0 Å². The van der Waals surface area contributed by atoms with Crippen molar-refractivity contribution in [3.05, 3.63) is 12.1 Å². The van der Waals surface area contributed by atoms with Gasteiger partial charge in [-0.1, -0.05) is 50.6 Å². The molecule has 0 bridgehead atoms. The maximum Gasteiger partial charge on any atom is 0.480 e. The quantitative estimate of drug-likeness (QED) is 0.523. The molecule has 1 aliphatic rings. The van der Waals surface area contributed by atoms with Crippen LogP contribution in [0.2, 0.25) is 0 Å². The van der Waals surface area contributed by atoms with Gasteiger partial charge in [0, 0.05) is 0 Å². The minimum absolute atomic E-state index is 0.941. The highest BCUT2D eigenvalue weighted by atomic mass is 16.4. The van der Waals surface area contributed by atoms with Crippen LogP contribution in [0.15, 0.2) is 12.1 Å². The minimum Gasteiger partial charge on any atom is -0.424 e. The standard InChI is InChI=1S/C11H21BO2/c13-12(14)10-6-2-5-9-11-7-3-1-4-8-11/h6,10-11,13-14H,1-5,7-9H2/b10-6+. The molecule has 0 radical (unpaired) electrons. The van der Waals surface area contributed by atoms with Crippen LogP contribution in [0.5, 0.6) is 0 Å². The van der Waals surface area contributed by atoms with Crippen LogP contribution in [0.25, 0.3) is 0 Å². The van der Waals surface area contributed by atoms with E-state index in [2.05, 4.69) is 0 Å². The number of hydrogen-bond donors (Lipinski definition) is 2. The Morgan fingerprint density at radius 2 is 1.86 bits per heavy atom. The topological polar surface area (TPSA) is 40.5 Å². The Balaban J connectivity index is 1.97. The number of hydrogen-bond acceptors (Lipinski definition) is 2. The first-order valence-corrected chi connectivity index (χ1v) is 5.82. The van der Waals surface area contributed by atoms with Gasteiger partial charge in [0.05, 0.1) is 0 Å². The SMILES string of the molecule is OB(O)/C=C/CCCC1CCCCC1. The molecule has 1 fully saturated rings. The van der Waals surface area contributed by atoms with Crippen molar-refractivity contribution in [2.45, 2.75) is 51.4 Å². The molecule has 0 aromatic rings. The first-order valence-electron chi connectivity index (χ1n) is 5.82. The fraction of sp³-hybridized carbons (Fsp3) is 0.818. The summed E-state index contributed by atoms with van der Waals surface area (Å²) in [4.78, 5) is 0. The van der Waals surface area contributed by atoms with Crippen LogP contribution in [0, 0.1) is 5.92 Å². The van der Waals surface area contributed by atoms with Crippen molar-refractivity contribution in [1.82, 2.24) is 0 Å². The molecular weight excluding hydrogens is 175 g/mol. The highest BCUT2D eigenvalue weighted by Gasteiger charge is 2.12. The minimum atomic E-state index is -1.27. The smallest absolute Gasteiger partial charge is 0.424 e. The molecule has 0 amide bonds. The molecule has 1 aliphatic carbocycles. The molecule has 2 nitrogen and oxygen atoms in total. The third kappa shape index (κ3) is 5.45. The second-order valence-electron chi connectivity index (χ2n) is 4.28. The second-order valence-corrected chi connectivity index (χ2v) is 4.28. The van der Waals surface area contributed by atoms with E-state index in [1.165, 1.54) is 50.9 Å². The Morgan fingerprint density at radius 3 is 2.50 bits per heavy atom. The van der Waals surface area contributed by atoms with Gasteiger partial charge < -0.3 is 10.0 Å². The molecule has 1 saturated carbocycles. The Hall–Kier alpha value is -0.275. The van der Waals surface area contributed by atoms with Gasteiger partial charge in [-0.3, -0.25) is 0 Å². The first-order chi connectivity index (χ1) is 6.79. The summed E-state index contributed by atoms with van der Waals surface area (Å²) in [5, 5.41) is 17.1. The van der Waals surface area contributed by atoms with Gasteiger partial charge in [-0.15, -0.1) is 0 Å². The van der Waals surface area contributed by atoms with Gasteiger partial charge in [0.1, 0.15) is 0 Å². The van der Waals surface area contributed by atoms with Crippen molar-refractivity contribution in [3.63, 3.8) is 0 Å². The van der Waals surface area contributed by atoms with Gasteiger partial charge >= 0.3 is 7.12 Å². The van der Waals surface area contributed by atoms with E-state index in [1.54, 1.807) is 0 Å². The fourth-order valence-electron chi connectivity index (χ4n) is 2.22. The third-order valence-corrected chi connectivity index (χ3v) is 3.02. The molecule has 0 unspecified atom stereocenters. The summed E-state index contributed by atoms with van der Waals surface area (Å²) in [6.45, 7) is 0. The summed E-state index contributed by atoms with van der Waals surface area (Å²) in [6, 6.07) is 0. The first kappa shape index (κ1) is 11.8. The molecule has 1 rings (SSSR count). The maximum atomic E-state index is 8.57. The van der Waals surface area contributed by atoms with Crippen molar-refractivity contribution in [1.29, 1.82) is 0 Å². The second kappa shape index (κ2) is 7.07. The predicted octanol–water partition coefficient (Wildman–Crippen LogP) is 2.31. The molecule has 0 spiro atoms. The maximum absolute atomic E-state index is 8.57. The summed E-state index contributed by atoms with van der Waals surface area (Å²) >= 11 is 0. The normalized spacial score (nSPS) is 19.0. The lowest BCUT2D eigenvalue weighted by Crippen LogP contribution is -2.06. The third-order valence-electron chi connectivity index (χ3n) is 3.02. The molecule has 2 N–H and O–H groups in total. The number of unbranched alkanes of at least 4 members (excludes halogenated alkanes) is 1. The van der Waals surface area contributed by atoms with E-state index in [4.69, 9.17) is 10.0 Å². The van der Waals surface area contributed by atoms with Crippen LogP contribution in [0.4, 0.5) is 0 Å².